The molecule has 0 aromatic heterocycles. The summed E-state index contributed by atoms with van der Waals surface area (Å²) in [7, 11) is 0. The number of fused-ring (bicyclic) bond motifs is 1. The number of rotatable bonds is 3. The molecule has 2 aliphatic rings. The van der Waals surface area contributed by atoms with Gasteiger partial charge >= 0.3 is 0 Å². The third-order valence-corrected chi connectivity index (χ3v) is 5.49. The average molecular weight is 447 g/mol. The highest BCUT2D eigenvalue weighted by molar-refractivity contribution is 9.10. The van der Waals surface area contributed by atoms with E-state index in [0.717, 1.165) is 10.0 Å². The van der Waals surface area contributed by atoms with E-state index in [-0.39, 0.29) is 11.5 Å². The van der Waals surface area contributed by atoms with E-state index in [1.807, 2.05) is 18.2 Å². The maximum absolute atomic E-state index is 12.5. The molecule has 0 fully saturated rings. The number of thioether (sulfide) groups is 1. The normalized spacial score (nSPS) is 17.4. The monoisotopic (exact) mass is 445 g/mol. The van der Waals surface area contributed by atoms with Crippen LogP contribution in [0.4, 0.5) is 0 Å². The van der Waals surface area contributed by atoms with Crippen molar-refractivity contribution in [1.29, 1.82) is 0 Å². The minimum Gasteiger partial charge on any atom is -0.289 e. The number of hydrogen-bond donors (Lipinski definition) is 0. The van der Waals surface area contributed by atoms with Gasteiger partial charge in [-0.2, -0.15) is 10.1 Å². The summed E-state index contributed by atoms with van der Waals surface area (Å²) in [5, 5.41) is 7.06. The lowest BCUT2D eigenvalue weighted by molar-refractivity contribution is -0.122. The van der Waals surface area contributed by atoms with Crippen LogP contribution in [0, 0.1) is 0 Å². The number of amides is 1. The molecule has 0 saturated heterocycles. The van der Waals surface area contributed by atoms with E-state index in [4.69, 9.17) is 11.6 Å². The molecule has 0 radical (unpaired) electrons. The molecule has 1 amide bonds. The predicted octanol–water partition coefficient (Wildman–Crippen LogP) is 4.48. The van der Waals surface area contributed by atoms with Gasteiger partial charge < -0.3 is 0 Å². The van der Waals surface area contributed by atoms with Gasteiger partial charge in [0.2, 0.25) is 0 Å². The third kappa shape index (κ3) is 3.13. The Morgan fingerprint density at radius 1 is 1.15 bits per heavy atom. The average Bonchev–Trinajstić information content (AvgIpc) is 3.16. The van der Waals surface area contributed by atoms with Gasteiger partial charge in [0.05, 0.1) is 5.02 Å². The van der Waals surface area contributed by atoms with Gasteiger partial charge in [0.1, 0.15) is 10.7 Å². The first-order valence-electron chi connectivity index (χ1n) is 7.49. The number of benzene rings is 2. The zero-order valence-electron chi connectivity index (χ0n) is 13.0. The zero-order chi connectivity index (χ0) is 18.3. The van der Waals surface area contributed by atoms with E-state index in [2.05, 4.69) is 26.0 Å². The van der Waals surface area contributed by atoms with Gasteiger partial charge in [0.15, 0.2) is 11.0 Å². The molecule has 0 N–H and O–H groups in total. The Morgan fingerprint density at radius 2 is 1.88 bits per heavy atom. The number of carbonyl (C=O) groups is 2. The molecule has 2 heterocycles. The number of aliphatic imine (C=N–C) groups is 1. The molecule has 5 nitrogen and oxygen atoms in total. The van der Waals surface area contributed by atoms with E-state index in [9.17, 15) is 9.59 Å². The molecule has 0 bridgehead atoms. The van der Waals surface area contributed by atoms with Crippen LogP contribution >= 0.6 is 39.3 Å². The molecule has 0 saturated carbocycles. The smallest absolute Gasteiger partial charge is 0.289 e. The molecule has 2 aliphatic heterocycles. The fourth-order valence-corrected chi connectivity index (χ4v) is 3.89. The molecule has 4 rings (SSSR count). The minimum atomic E-state index is -0.431. The number of carbonyl (C=O) groups excluding carboxylic acids is 2. The van der Waals surface area contributed by atoms with Crippen LogP contribution in [0.15, 0.2) is 74.9 Å². The highest BCUT2D eigenvalue weighted by Gasteiger charge is 2.37. The van der Waals surface area contributed by atoms with E-state index >= 15 is 0 Å². The van der Waals surface area contributed by atoms with Crippen LogP contribution in [0.2, 0.25) is 5.02 Å². The Kier molecular flexibility index (Phi) is 4.52. The molecular weight excluding hydrogens is 438 g/mol. The van der Waals surface area contributed by atoms with Crippen LogP contribution in [0.1, 0.15) is 15.9 Å². The maximum Gasteiger partial charge on any atom is 0.299 e. The summed E-state index contributed by atoms with van der Waals surface area (Å²) >= 11 is 10.7. The molecule has 26 heavy (non-hydrogen) atoms. The maximum atomic E-state index is 12.5. The molecule has 8 heteroatoms. The van der Waals surface area contributed by atoms with Crippen LogP contribution < -0.4 is 0 Å². The first kappa shape index (κ1) is 17.2. The summed E-state index contributed by atoms with van der Waals surface area (Å²) in [6, 6.07) is 14.2. The molecule has 0 unspecified atom stereocenters. The van der Waals surface area contributed by atoms with Crippen molar-refractivity contribution < 1.29 is 9.59 Å². The van der Waals surface area contributed by atoms with Gasteiger partial charge in [-0.25, -0.2) is 4.99 Å². The molecule has 2 aromatic rings. The minimum absolute atomic E-state index is 0.0716. The fourth-order valence-electron chi connectivity index (χ4n) is 2.40. The topological polar surface area (TPSA) is 62.1 Å². The Hall–Kier alpha value is -2.22. The lowest BCUT2D eigenvalue weighted by Gasteiger charge is -2.02. The molecule has 2 aromatic carbocycles. The van der Waals surface area contributed by atoms with Crippen molar-refractivity contribution in [2.75, 3.05) is 0 Å². The molecule has 0 aliphatic carbocycles. The summed E-state index contributed by atoms with van der Waals surface area (Å²) in [6.45, 7) is 0. The third-order valence-electron chi connectivity index (χ3n) is 3.69. The second-order valence-corrected chi connectivity index (χ2v) is 7.68. The van der Waals surface area contributed by atoms with E-state index in [1.165, 1.54) is 22.8 Å². The number of halogens is 2. The highest BCUT2D eigenvalue weighted by Crippen LogP contribution is 2.34. The van der Waals surface area contributed by atoms with Crippen LogP contribution in [-0.4, -0.2) is 26.9 Å². The van der Waals surface area contributed by atoms with Crippen molar-refractivity contribution in [2.45, 2.75) is 0 Å². The Morgan fingerprint density at radius 3 is 2.58 bits per heavy atom. The van der Waals surface area contributed by atoms with E-state index in [0.29, 0.717) is 20.8 Å². The lowest BCUT2D eigenvalue weighted by Crippen LogP contribution is -2.21. The van der Waals surface area contributed by atoms with Crippen molar-refractivity contribution in [3.05, 3.63) is 80.9 Å². The standard InChI is InChI=1S/C18H9BrClN3O2S/c19-11-7-5-10(6-8-11)15(24)9-14-17(25)23-18(21-14)26-16(22-23)12-3-1-2-4-13(12)20/h1-9H/b14-9+. The molecule has 0 spiro atoms. The number of nitrogens with zero attached hydrogens (tertiary/aromatic N) is 3. The van der Waals surface area contributed by atoms with Gasteiger partial charge in [0.25, 0.3) is 5.91 Å². The van der Waals surface area contributed by atoms with Crippen LogP contribution in [0.25, 0.3) is 0 Å². The van der Waals surface area contributed by atoms with Gasteiger partial charge in [0, 0.05) is 21.7 Å². The van der Waals surface area contributed by atoms with Crippen molar-refractivity contribution in [2.24, 2.45) is 10.1 Å². The van der Waals surface area contributed by atoms with Crippen LogP contribution in [0.5, 0.6) is 0 Å². The van der Waals surface area contributed by atoms with Crippen molar-refractivity contribution in [3.63, 3.8) is 0 Å². The number of amidine groups is 1. The second-order valence-electron chi connectivity index (χ2n) is 5.40. The van der Waals surface area contributed by atoms with Gasteiger partial charge in [-0.1, -0.05) is 45.7 Å². The number of ketones is 1. The predicted molar refractivity (Wildman–Crippen MR) is 106 cm³/mol. The zero-order valence-corrected chi connectivity index (χ0v) is 16.2. The van der Waals surface area contributed by atoms with Crippen molar-refractivity contribution in [1.82, 2.24) is 5.01 Å². The summed E-state index contributed by atoms with van der Waals surface area (Å²) in [5.41, 5.74) is 1.29. The van der Waals surface area contributed by atoms with Gasteiger partial charge in [-0.05, 0) is 42.1 Å². The summed E-state index contributed by atoms with van der Waals surface area (Å²) in [6.07, 6.45) is 1.24. The first-order chi connectivity index (χ1) is 12.5. The molecule has 0 atom stereocenters. The largest absolute Gasteiger partial charge is 0.299 e. The first-order valence-corrected chi connectivity index (χ1v) is 9.48. The Labute approximate surface area is 166 Å². The van der Waals surface area contributed by atoms with Crippen molar-refractivity contribution >= 4 is 61.2 Å². The van der Waals surface area contributed by atoms with E-state index < -0.39 is 5.91 Å². The molecule has 128 valence electrons. The quantitative estimate of drug-likeness (QED) is 0.516. The van der Waals surface area contributed by atoms with Crippen LogP contribution in [0.3, 0.4) is 0 Å². The summed E-state index contributed by atoms with van der Waals surface area (Å²) in [5.74, 6) is -0.716. The second kappa shape index (κ2) is 6.83. The van der Waals surface area contributed by atoms with Crippen molar-refractivity contribution in [3.8, 4) is 0 Å². The van der Waals surface area contributed by atoms with E-state index in [1.54, 1.807) is 30.3 Å². The summed E-state index contributed by atoms with van der Waals surface area (Å²) in [4.78, 5) is 29.1. The SMILES string of the molecule is O=C(/C=C1/N=C2SC(c3ccccc3Cl)=NN2C1=O)c1ccc(Br)cc1. The Balaban J connectivity index is 1.58. The van der Waals surface area contributed by atoms with Crippen LogP contribution in [-0.2, 0) is 4.79 Å². The highest BCUT2D eigenvalue weighted by atomic mass is 79.9. The fraction of sp³-hybridized carbons (Fsp3) is 0. The number of allylic oxidation sites excluding steroid dienone is 1. The van der Waals surface area contributed by atoms with Gasteiger partial charge in [-0.15, -0.1) is 0 Å². The summed E-state index contributed by atoms with van der Waals surface area (Å²) < 4.78 is 0.873. The number of hydrazone groups is 1. The number of hydrogen-bond acceptors (Lipinski definition) is 5. The lowest BCUT2D eigenvalue weighted by atomic mass is 10.1. The van der Waals surface area contributed by atoms with Gasteiger partial charge in [-0.3, -0.25) is 9.59 Å². The molecular formula is C18H9BrClN3O2S. The Bertz CT molecular complexity index is 1030.